The number of nitrogens with zero attached hydrogens (tertiary/aromatic N) is 2. The van der Waals surface area contributed by atoms with E-state index in [9.17, 15) is 4.79 Å². The minimum Gasteiger partial charge on any atom is -0.345 e. The Kier molecular flexibility index (Phi) is 2.48. The van der Waals surface area contributed by atoms with Crippen LogP contribution in [0.25, 0.3) is 11.0 Å². The molecule has 0 radical (unpaired) electrons. The summed E-state index contributed by atoms with van der Waals surface area (Å²) in [6.07, 6.45) is 5.11. The molecule has 0 saturated heterocycles. The fourth-order valence-electron chi connectivity index (χ4n) is 2.02. The molecule has 2 aromatic rings. The third-order valence-corrected chi connectivity index (χ3v) is 3.37. The lowest BCUT2D eigenvalue weighted by Crippen LogP contribution is -2.42. The lowest BCUT2D eigenvalue weighted by atomic mass is 10.1. The molecule has 1 amide bonds. The Morgan fingerprint density at radius 1 is 1.33 bits per heavy atom. The predicted octanol–water partition coefficient (Wildman–Crippen LogP) is 0.851. The van der Waals surface area contributed by atoms with Gasteiger partial charge in [0.25, 0.3) is 5.91 Å². The first-order chi connectivity index (χ1) is 8.74. The minimum atomic E-state index is -0.193. The number of aromatic nitrogens is 2. The molecule has 0 unspecified atom stereocenters. The third kappa shape index (κ3) is 1.82. The van der Waals surface area contributed by atoms with Crippen molar-refractivity contribution < 1.29 is 4.79 Å². The second kappa shape index (κ2) is 4.03. The van der Waals surface area contributed by atoms with Crippen molar-refractivity contribution in [2.45, 2.75) is 18.4 Å². The molecule has 1 aromatic carbocycles. The maximum atomic E-state index is 12.2. The zero-order chi connectivity index (χ0) is 12.6. The van der Waals surface area contributed by atoms with Crippen LogP contribution < -0.4 is 11.1 Å². The normalized spacial score (nSPS) is 16.5. The Hall–Kier alpha value is -2.01. The zero-order valence-corrected chi connectivity index (χ0v) is 9.89. The quantitative estimate of drug-likeness (QED) is 0.836. The van der Waals surface area contributed by atoms with Crippen LogP contribution in [0, 0.1) is 0 Å². The van der Waals surface area contributed by atoms with Gasteiger partial charge in [-0.15, -0.1) is 0 Å². The average molecular weight is 242 g/mol. The van der Waals surface area contributed by atoms with Crippen LogP contribution in [0.3, 0.4) is 0 Å². The van der Waals surface area contributed by atoms with Crippen LogP contribution in [0.2, 0.25) is 0 Å². The molecule has 5 nitrogen and oxygen atoms in total. The van der Waals surface area contributed by atoms with Crippen molar-refractivity contribution in [3.8, 4) is 0 Å². The summed E-state index contributed by atoms with van der Waals surface area (Å²) >= 11 is 0. The monoisotopic (exact) mass is 242 g/mol. The van der Waals surface area contributed by atoms with E-state index in [1.54, 1.807) is 18.5 Å². The number of nitrogens with two attached hydrogens (primary N) is 1. The minimum absolute atomic E-state index is 0.121. The van der Waals surface area contributed by atoms with E-state index >= 15 is 0 Å². The lowest BCUT2D eigenvalue weighted by Gasteiger charge is -2.15. The largest absolute Gasteiger partial charge is 0.345 e. The zero-order valence-electron chi connectivity index (χ0n) is 9.89. The third-order valence-electron chi connectivity index (χ3n) is 3.37. The highest BCUT2D eigenvalue weighted by Gasteiger charge is 2.42. The van der Waals surface area contributed by atoms with Crippen LogP contribution in [-0.4, -0.2) is 28.0 Å². The number of para-hydroxylation sites is 1. The number of hydrogen-bond donors (Lipinski definition) is 2. The van der Waals surface area contributed by atoms with Crippen molar-refractivity contribution in [2.75, 3.05) is 6.54 Å². The van der Waals surface area contributed by atoms with Crippen LogP contribution in [0.4, 0.5) is 0 Å². The second-order valence-electron chi connectivity index (χ2n) is 4.67. The molecular formula is C13H14N4O. The highest BCUT2D eigenvalue weighted by Crippen LogP contribution is 2.34. The van der Waals surface area contributed by atoms with Crippen LogP contribution in [-0.2, 0) is 0 Å². The molecule has 3 rings (SSSR count). The van der Waals surface area contributed by atoms with Crippen molar-refractivity contribution in [3.63, 3.8) is 0 Å². The van der Waals surface area contributed by atoms with Gasteiger partial charge in [-0.05, 0) is 25.0 Å². The summed E-state index contributed by atoms with van der Waals surface area (Å²) in [6, 6.07) is 5.42. The van der Waals surface area contributed by atoms with Gasteiger partial charge in [0.15, 0.2) is 0 Å². The van der Waals surface area contributed by atoms with Gasteiger partial charge in [-0.1, -0.05) is 6.07 Å². The smallest absolute Gasteiger partial charge is 0.254 e. The molecule has 0 bridgehead atoms. The van der Waals surface area contributed by atoms with Crippen molar-refractivity contribution in [1.29, 1.82) is 0 Å². The van der Waals surface area contributed by atoms with Crippen molar-refractivity contribution in [2.24, 2.45) is 5.73 Å². The number of fused-ring (bicyclic) bond motifs is 1. The van der Waals surface area contributed by atoms with Gasteiger partial charge < -0.3 is 11.1 Å². The first kappa shape index (κ1) is 11.1. The number of amides is 1. The van der Waals surface area contributed by atoms with Crippen LogP contribution in [0.5, 0.6) is 0 Å². The number of carbonyl (C=O) groups excluding carboxylic acids is 1. The second-order valence-corrected chi connectivity index (χ2v) is 4.67. The summed E-state index contributed by atoms with van der Waals surface area (Å²) < 4.78 is 0. The fraction of sp³-hybridized carbons (Fsp3) is 0.308. The van der Waals surface area contributed by atoms with Gasteiger partial charge in [-0.3, -0.25) is 14.8 Å². The molecule has 0 aliphatic heterocycles. The van der Waals surface area contributed by atoms with E-state index < -0.39 is 0 Å². The number of hydrogen-bond acceptors (Lipinski definition) is 4. The van der Waals surface area contributed by atoms with E-state index in [0.29, 0.717) is 17.6 Å². The van der Waals surface area contributed by atoms with Crippen LogP contribution >= 0.6 is 0 Å². The van der Waals surface area contributed by atoms with Crippen LogP contribution in [0.15, 0.2) is 30.6 Å². The van der Waals surface area contributed by atoms with Gasteiger partial charge in [0.2, 0.25) is 0 Å². The van der Waals surface area contributed by atoms with Gasteiger partial charge in [0.1, 0.15) is 5.52 Å². The molecule has 1 heterocycles. The molecule has 92 valence electrons. The molecule has 3 N–H and O–H groups in total. The average Bonchev–Trinajstić information content (AvgIpc) is 3.18. The molecule has 0 spiro atoms. The van der Waals surface area contributed by atoms with E-state index in [-0.39, 0.29) is 11.4 Å². The molecule has 1 aromatic heterocycles. The number of rotatable bonds is 3. The topological polar surface area (TPSA) is 80.9 Å². The Bertz CT molecular complexity index is 601. The highest BCUT2D eigenvalue weighted by atomic mass is 16.1. The maximum Gasteiger partial charge on any atom is 0.254 e. The molecule has 1 aliphatic rings. The Labute approximate surface area is 104 Å². The summed E-state index contributed by atoms with van der Waals surface area (Å²) in [7, 11) is 0. The fourth-order valence-corrected chi connectivity index (χ4v) is 2.02. The number of benzene rings is 1. The SMILES string of the molecule is NCC1(NC(=O)c2cccc3nccnc23)CC1. The van der Waals surface area contributed by atoms with E-state index in [1.165, 1.54) is 0 Å². The Balaban J connectivity index is 1.96. The van der Waals surface area contributed by atoms with Gasteiger partial charge in [0.05, 0.1) is 16.6 Å². The standard InChI is InChI=1S/C13H14N4O/c14-8-13(4-5-13)17-12(18)9-2-1-3-10-11(9)16-7-6-15-10/h1-3,6-7H,4-5,8,14H2,(H,17,18). The summed E-state index contributed by atoms with van der Waals surface area (Å²) in [6.45, 7) is 0.481. The summed E-state index contributed by atoms with van der Waals surface area (Å²) in [5, 5.41) is 2.99. The summed E-state index contributed by atoms with van der Waals surface area (Å²) in [5.41, 5.74) is 7.38. The summed E-state index contributed by atoms with van der Waals surface area (Å²) in [4.78, 5) is 20.7. The van der Waals surface area contributed by atoms with E-state index in [1.807, 2.05) is 12.1 Å². The first-order valence-electron chi connectivity index (χ1n) is 5.96. The molecular weight excluding hydrogens is 228 g/mol. The van der Waals surface area contributed by atoms with Gasteiger partial charge in [-0.2, -0.15) is 0 Å². The van der Waals surface area contributed by atoms with Crippen LogP contribution in [0.1, 0.15) is 23.2 Å². The molecule has 1 fully saturated rings. The highest BCUT2D eigenvalue weighted by molar-refractivity contribution is 6.05. The maximum absolute atomic E-state index is 12.2. The predicted molar refractivity (Wildman–Crippen MR) is 68.0 cm³/mol. The van der Waals surface area contributed by atoms with E-state index in [4.69, 9.17) is 5.73 Å². The number of carbonyl (C=O) groups is 1. The van der Waals surface area contributed by atoms with Crippen molar-refractivity contribution >= 4 is 16.9 Å². The van der Waals surface area contributed by atoms with Gasteiger partial charge in [0, 0.05) is 18.9 Å². The lowest BCUT2D eigenvalue weighted by molar-refractivity contribution is 0.0934. The van der Waals surface area contributed by atoms with Crippen molar-refractivity contribution in [1.82, 2.24) is 15.3 Å². The van der Waals surface area contributed by atoms with Gasteiger partial charge in [-0.25, -0.2) is 0 Å². The van der Waals surface area contributed by atoms with E-state index in [2.05, 4.69) is 15.3 Å². The molecule has 5 heteroatoms. The molecule has 1 aliphatic carbocycles. The van der Waals surface area contributed by atoms with Crippen molar-refractivity contribution in [3.05, 3.63) is 36.2 Å². The number of nitrogens with one attached hydrogen (secondary N) is 1. The molecule has 18 heavy (non-hydrogen) atoms. The Morgan fingerprint density at radius 3 is 2.83 bits per heavy atom. The van der Waals surface area contributed by atoms with E-state index in [0.717, 1.165) is 18.4 Å². The molecule has 0 atom stereocenters. The van der Waals surface area contributed by atoms with Gasteiger partial charge >= 0.3 is 0 Å². The summed E-state index contributed by atoms with van der Waals surface area (Å²) in [5.74, 6) is -0.121. The first-order valence-corrected chi connectivity index (χ1v) is 5.96. The molecule has 1 saturated carbocycles. The Morgan fingerprint density at radius 2 is 2.11 bits per heavy atom.